The molecule has 1 aliphatic carbocycles. The van der Waals surface area contributed by atoms with E-state index in [4.69, 9.17) is 17.3 Å². The zero-order chi connectivity index (χ0) is 16.1. The maximum Gasteiger partial charge on any atom is 0.249 e. The third kappa shape index (κ3) is 2.28. The quantitative estimate of drug-likeness (QED) is 0.762. The highest BCUT2D eigenvalue weighted by molar-refractivity contribution is 6.32. The number of primary amides is 1. The number of aromatic amines is 1. The monoisotopic (exact) mass is 329 g/mol. The first-order valence-corrected chi connectivity index (χ1v) is 7.70. The number of hydrogen-bond donors (Lipinski definition) is 2. The summed E-state index contributed by atoms with van der Waals surface area (Å²) in [5.74, 6) is -0.631. The van der Waals surface area contributed by atoms with Crippen LogP contribution in [-0.4, -0.2) is 16.1 Å². The zero-order valence-electron chi connectivity index (χ0n) is 12.1. The van der Waals surface area contributed by atoms with E-state index in [0.717, 1.165) is 29.3 Å². The third-order valence-corrected chi connectivity index (χ3v) is 4.54. The summed E-state index contributed by atoms with van der Waals surface area (Å²) >= 11 is 6.31. The molecular weight excluding hydrogens is 317 g/mol. The molecule has 0 radical (unpaired) electrons. The second kappa shape index (κ2) is 5.06. The molecule has 1 heterocycles. The average molecular weight is 330 g/mol. The molecular formula is C17H13ClFN3O. The number of nitrogens with one attached hydrogen (secondary N) is 1. The molecule has 1 amide bonds. The predicted octanol–water partition coefficient (Wildman–Crippen LogP) is 4.00. The maximum absolute atomic E-state index is 13.7. The van der Waals surface area contributed by atoms with E-state index < -0.39 is 11.7 Å². The second-order valence-corrected chi connectivity index (χ2v) is 6.19. The summed E-state index contributed by atoms with van der Waals surface area (Å²) < 4.78 is 13.7. The van der Waals surface area contributed by atoms with E-state index >= 15 is 0 Å². The van der Waals surface area contributed by atoms with Gasteiger partial charge in [-0.05, 0) is 49.1 Å². The fraction of sp³-hybridized carbons (Fsp3) is 0.176. The van der Waals surface area contributed by atoms with Gasteiger partial charge in [0.2, 0.25) is 5.91 Å². The van der Waals surface area contributed by atoms with E-state index in [2.05, 4.69) is 10.2 Å². The van der Waals surface area contributed by atoms with Crippen LogP contribution in [0.2, 0.25) is 5.02 Å². The Morgan fingerprint density at radius 1 is 1.30 bits per heavy atom. The Hall–Kier alpha value is -2.40. The average Bonchev–Trinajstić information content (AvgIpc) is 3.25. The molecule has 0 aliphatic heterocycles. The Kier molecular flexibility index (Phi) is 3.13. The first-order chi connectivity index (χ1) is 11.1. The summed E-state index contributed by atoms with van der Waals surface area (Å²) in [6, 6.07) is 7.54. The van der Waals surface area contributed by atoms with Gasteiger partial charge >= 0.3 is 0 Å². The number of hydrogen-bond acceptors (Lipinski definition) is 2. The molecule has 23 heavy (non-hydrogen) atoms. The summed E-state index contributed by atoms with van der Waals surface area (Å²) in [6.07, 6.45) is 2.18. The lowest BCUT2D eigenvalue weighted by Gasteiger charge is -2.07. The summed E-state index contributed by atoms with van der Waals surface area (Å²) in [7, 11) is 0. The molecule has 3 aromatic rings. The van der Waals surface area contributed by atoms with Crippen molar-refractivity contribution in [2.24, 2.45) is 5.73 Å². The van der Waals surface area contributed by atoms with Gasteiger partial charge in [0.05, 0.1) is 11.2 Å². The van der Waals surface area contributed by atoms with Crippen molar-refractivity contribution in [1.29, 1.82) is 0 Å². The maximum atomic E-state index is 13.7. The third-order valence-electron chi connectivity index (χ3n) is 4.21. The molecule has 6 heteroatoms. The van der Waals surface area contributed by atoms with E-state index in [1.807, 2.05) is 12.1 Å². The van der Waals surface area contributed by atoms with E-state index in [0.29, 0.717) is 22.2 Å². The molecule has 1 aromatic heterocycles. The fourth-order valence-electron chi connectivity index (χ4n) is 2.98. The smallest absolute Gasteiger partial charge is 0.249 e. The van der Waals surface area contributed by atoms with Gasteiger partial charge in [0.25, 0.3) is 0 Å². The van der Waals surface area contributed by atoms with Crippen molar-refractivity contribution >= 4 is 28.4 Å². The highest BCUT2D eigenvalue weighted by atomic mass is 35.5. The number of benzene rings is 2. The van der Waals surface area contributed by atoms with Crippen molar-refractivity contribution in [3.63, 3.8) is 0 Å². The van der Waals surface area contributed by atoms with E-state index in [-0.39, 0.29) is 5.56 Å². The Balaban J connectivity index is 1.99. The molecule has 4 rings (SSSR count). The van der Waals surface area contributed by atoms with Crippen molar-refractivity contribution in [3.05, 3.63) is 52.3 Å². The number of rotatable bonds is 3. The van der Waals surface area contributed by atoms with Crippen LogP contribution in [0.5, 0.6) is 0 Å². The molecule has 0 unspecified atom stereocenters. The highest BCUT2D eigenvalue weighted by Gasteiger charge is 2.29. The molecule has 1 saturated carbocycles. The fourth-order valence-corrected chi connectivity index (χ4v) is 3.29. The van der Waals surface area contributed by atoms with Gasteiger partial charge in [0.1, 0.15) is 5.82 Å². The van der Waals surface area contributed by atoms with Crippen molar-refractivity contribution in [2.45, 2.75) is 18.8 Å². The first-order valence-electron chi connectivity index (χ1n) is 7.32. The van der Waals surface area contributed by atoms with E-state index in [9.17, 15) is 9.18 Å². The van der Waals surface area contributed by atoms with Crippen LogP contribution in [0.25, 0.3) is 22.2 Å². The topological polar surface area (TPSA) is 71.8 Å². The second-order valence-electron chi connectivity index (χ2n) is 5.78. The number of H-pyrrole nitrogens is 1. The molecule has 0 atom stereocenters. The Morgan fingerprint density at radius 3 is 2.78 bits per heavy atom. The van der Waals surface area contributed by atoms with Crippen LogP contribution >= 0.6 is 11.6 Å². The SMILES string of the molecule is NC(=O)c1ccc(F)cc1-c1[nH]nc2c(C3CC3)c(Cl)ccc12. The summed E-state index contributed by atoms with van der Waals surface area (Å²) in [6.45, 7) is 0. The van der Waals surface area contributed by atoms with Crippen LogP contribution < -0.4 is 5.73 Å². The zero-order valence-corrected chi connectivity index (χ0v) is 12.8. The van der Waals surface area contributed by atoms with Gasteiger partial charge in [-0.1, -0.05) is 11.6 Å². The summed E-state index contributed by atoms with van der Waals surface area (Å²) in [4.78, 5) is 11.6. The van der Waals surface area contributed by atoms with E-state index in [1.54, 1.807) is 0 Å². The molecule has 1 aliphatic rings. The number of nitrogens with two attached hydrogens (primary N) is 1. The lowest BCUT2D eigenvalue weighted by atomic mass is 9.99. The number of carbonyl (C=O) groups excluding carboxylic acids is 1. The van der Waals surface area contributed by atoms with Crippen LogP contribution in [0.1, 0.15) is 34.7 Å². The van der Waals surface area contributed by atoms with Gasteiger partial charge in [-0.3, -0.25) is 9.89 Å². The van der Waals surface area contributed by atoms with Crippen molar-refractivity contribution in [2.75, 3.05) is 0 Å². The Bertz CT molecular complexity index is 946. The van der Waals surface area contributed by atoms with Crippen molar-refractivity contribution < 1.29 is 9.18 Å². The number of amides is 1. The largest absolute Gasteiger partial charge is 0.366 e. The molecule has 0 spiro atoms. The Morgan fingerprint density at radius 2 is 2.09 bits per heavy atom. The van der Waals surface area contributed by atoms with Gasteiger partial charge in [0.15, 0.2) is 0 Å². The molecule has 3 N–H and O–H groups in total. The predicted molar refractivity (Wildman–Crippen MR) is 87.0 cm³/mol. The summed E-state index contributed by atoms with van der Waals surface area (Å²) in [5.41, 5.74) is 8.43. The minimum absolute atomic E-state index is 0.250. The first kappa shape index (κ1) is 14.2. The van der Waals surface area contributed by atoms with Gasteiger partial charge in [0, 0.05) is 27.1 Å². The number of carbonyl (C=O) groups is 1. The molecule has 0 bridgehead atoms. The van der Waals surface area contributed by atoms with Crippen molar-refractivity contribution in [1.82, 2.24) is 10.2 Å². The van der Waals surface area contributed by atoms with Gasteiger partial charge in [-0.25, -0.2) is 4.39 Å². The summed E-state index contributed by atoms with van der Waals surface area (Å²) in [5, 5.41) is 8.78. The van der Waals surface area contributed by atoms with Gasteiger partial charge in [-0.2, -0.15) is 5.10 Å². The van der Waals surface area contributed by atoms with Crippen LogP contribution in [-0.2, 0) is 0 Å². The van der Waals surface area contributed by atoms with Crippen LogP contribution in [0.3, 0.4) is 0 Å². The molecule has 2 aromatic carbocycles. The van der Waals surface area contributed by atoms with Gasteiger partial charge in [-0.15, -0.1) is 0 Å². The number of fused-ring (bicyclic) bond motifs is 1. The number of aromatic nitrogens is 2. The standard InChI is InChI=1S/C17H13ClFN3O/c18-13-6-5-11-15(21-22-16(11)14(13)8-1-2-8)12-7-9(19)3-4-10(12)17(20)23/h3-8H,1-2H2,(H2,20,23)(H,21,22). The van der Waals surface area contributed by atoms with Gasteiger partial charge < -0.3 is 5.73 Å². The van der Waals surface area contributed by atoms with Crippen LogP contribution in [0.4, 0.5) is 4.39 Å². The lowest BCUT2D eigenvalue weighted by molar-refractivity contribution is 0.100. The molecule has 1 fully saturated rings. The van der Waals surface area contributed by atoms with Crippen molar-refractivity contribution in [3.8, 4) is 11.3 Å². The Labute approximate surface area is 136 Å². The lowest BCUT2D eigenvalue weighted by Crippen LogP contribution is -2.12. The molecule has 4 nitrogen and oxygen atoms in total. The number of halogens is 2. The van der Waals surface area contributed by atoms with Crippen LogP contribution in [0, 0.1) is 5.82 Å². The van der Waals surface area contributed by atoms with E-state index in [1.165, 1.54) is 18.2 Å². The minimum atomic E-state index is -0.612. The normalized spacial score (nSPS) is 14.3. The minimum Gasteiger partial charge on any atom is -0.366 e. The number of nitrogens with zero attached hydrogens (tertiary/aromatic N) is 1. The molecule has 116 valence electrons. The van der Waals surface area contributed by atoms with Crippen LogP contribution in [0.15, 0.2) is 30.3 Å². The molecule has 0 saturated heterocycles. The highest BCUT2D eigenvalue weighted by Crippen LogP contribution is 2.47.